The average molecular weight is 232 g/mol. The molecule has 0 aromatic heterocycles. The lowest BCUT2D eigenvalue weighted by atomic mass is 10.0. The summed E-state index contributed by atoms with van der Waals surface area (Å²) < 4.78 is 0. The molecule has 1 saturated heterocycles. The van der Waals surface area contributed by atoms with Crippen LogP contribution in [0.25, 0.3) is 0 Å². The molecule has 1 aliphatic rings. The minimum atomic E-state index is 0.167. The molecular weight excluding hydrogens is 212 g/mol. The number of amides is 1. The largest absolute Gasteiger partial charge is 0.338 e. The van der Waals surface area contributed by atoms with Gasteiger partial charge in [0.25, 0.3) is 5.91 Å². The number of carbonyl (C=O) groups is 1. The summed E-state index contributed by atoms with van der Waals surface area (Å²) in [7, 11) is 0. The van der Waals surface area contributed by atoms with E-state index in [1.54, 1.807) is 0 Å². The van der Waals surface area contributed by atoms with Crippen LogP contribution in [0.15, 0.2) is 30.3 Å². The molecule has 0 saturated carbocycles. The summed E-state index contributed by atoms with van der Waals surface area (Å²) in [5.74, 6) is 0.812. The number of nitrogens with zero attached hydrogens (tertiary/aromatic N) is 1. The van der Waals surface area contributed by atoms with Gasteiger partial charge in [-0.1, -0.05) is 18.2 Å². The van der Waals surface area contributed by atoms with E-state index >= 15 is 0 Å². The fourth-order valence-corrected chi connectivity index (χ4v) is 2.42. The standard InChI is InChI=1S/C14H20N2O/c15-9-4-5-12-8-10-16(11-12)14(17)13-6-2-1-3-7-13/h1-3,6-7,12H,4-5,8-11,15H2. The van der Waals surface area contributed by atoms with Gasteiger partial charge in [0.2, 0.25) is 0 Å². The first-order valence-electron chi connectivity index (χ1n) is 6.35. The van der Waals surface area contributed by atoms with Crippen molar-refractivity contribution >= 4 is 5.91 Å². The summed E-state index contributed by atoms with van der Waals surface area (Å²) in [4.78, 5) is 14.1. The van der Waals surface area contributed by atoms with E-state index in [4.69, 9.17) is 5.73 Å². The molecule has 1 amide bonds. The Balaban J connectivity index is 1.90. The maximum atomic E-state index is 12.2. The molecule has 1 unspecified atom stereocenters. The van der Waals surface area contributed by atoms with Crippen LogP contribution in [0.5, 0.6) is 0 Å². The first-order valence-corrected chi connectivity index (χ1v) is 6.35. The lowest BCUT2D eigenvalue weighted by Crippen LogP contribution is -2.28. The Morgan fingerprint density at radius 2 is 2.12 bits per heavy atom. The van der Waals surface area contributed by atoms with Gasteiger partial charge in [-0.3, -0.25) is 4.79 Å². The van der Waals surface area contributed by atoms with Gasteiger partial charge in [-0.15, -0.1) is 0 Å². The molecule has 1 aromatic carbocycles. The number of likely N-dealkylation sites (tertiary alicyclic amines) is 1. The van der Waals surface area contributed by atoms with Crippen LogP contribution in [0, 0.1) is 5.92 Å². The first kappa shape index (κ1) is 12.1. The average Bonchev–Trinajstić information content (AvgIpc) is 2.85. The number of hydrogen-bond donors (Lipinski definition) is 1. The topological polar surface area (TPSA) is 46.3 Å². The minimum Gasteiger partial charge on any atom is -0.338 e. The van der Waals surface area contributed by atoms with Crippen molar-refractivity contribution in [3.63, 3.8) is 0 Å². The number of benzene rings is 1. The predicted octanol–water partition coefficient (Wildman–Crippen LogP) is 1.89. The third kappa shape index (κ3) is 3.07. The van der Waals surface area contributed by atoms with E-state index in [1.807, 2.05) is 35.2 Å². The Kier molecular flexibility index (Phi) is 4.15. The molecule has 1 aliphatic heterocycles. The maximum absolute atomic E-state index is 12.2. The van der Waals surface area contributed by atoms with E-state index in [1.165, 1.54) is 0 Å². The number of hydrogen-bond acceptors (Lipinski definition) is 2. The van der Waals surface area contributed by atoms with Crippen LogP contribution in [0.1, 0.15) is 29.6 Å². The molecule has 1 heterocycles. The highest BCUT2D eigenvalue weighted by Crippen LogP contribution is 2.22. The normalized spacial score (nSPS) is 19.6. The molecule has 2 N–H and O–H groups in total. The summed E-state index contributed by atoms with van der Waals surface area (Å²) in [6, 6.07) is 9.53. The molecule has 0 bridgehead atoms. The van der Waals surface area contributed by atoms with E-state index in [0.29, 0.717) is 5.92 Å². The Morgan fingerprint density at radius 3 is 2.82 bits per heavy atom. The van der Waals surface area contributed by atoms with Gasteiger partial charge in [-0.05, 0) is 43.9 Å². The van der Waals surface area contributed by atoms with Crippen molar-refractivity contribution in [2.75, 3.05) is 19.6 Å². The van der Waals surface area contributed by atoms with Gasteiger partial charge in [-0.25, -0.2) is 0 Å². The van der Waals surface area contributed by atoms with Crippen LogP contribution in [0.4, 0.5) is 0 Å². The van der Waals surface area contributed by atoms with Crippen LogP contribution in [-0.4, -0.2) is 30.4 Å². The molecule has 3 nitrogen and oxygen atoms in total. The van der Waals surface area contributed by atoms with Crippen LogP contribution in [0.3, 0.4) is 0 Å². The van der Waals surface area contributed by atoms with Gasteiger partial charge in [0.05, 0.1) is 0 Å². The Hall–Kier alpha value is -1.35. The van der Waals surface area contributed by atoms with Gasteiger partial charge in [0.1, 0.15) is 0 Å². The fourth-order valence-electron chi connectivity index (χ4n) is 2.42. The van der Waals surface area contributed by atoms with Crippen molar-refractivity contribution in [3.8, 4) is 0 Å². The zero-order valence-corrected chi connectivity index (χ0v) is 10.1. The molecule has 0 aliphatic carbocycles. The smallest absolute Gasteiger partial charge is 0.253 e. The highest BCUT2D eigenvalue weighted by atomic mass is 16.2. The molecule has 1 fully saturated rings. The molecular formula is C14H20N2O. The zero-order valence-electron chi connectivity index (χ0n) is 10.1. The SMILES string of the molecule is NCCCC1CCN(C(=O)c2ccccc2)C1. The molecule has 1 atom stereocenters. The van der Waals surface area contributed by atoms with Crippen molar-refractivity contribution in [1.82, 2.24) is 4.90 Å². The summed E-state index contributed by atoms with van der Waals surface area (Å²) in [5.41, 5.74) is 6.31. The molecule has 2 rings (SSSR count). The molecule has 0 radical (unpaired) electrons. The highest BCUT2D eigenvalue weighted by Gasteiger charge is 2.26. The van der Waals surface area contributed by atoms with Gasteiger partial charge < -0.3 is 10.6 Å². The van der Waals surface area contributed by atoms with E-state index in [2.05, 4.69) is 0 Å². The lowest BCUT2D eigenvalue weighted by molar-refractivity contribution is 0.0786. The van der Waals surface area contributed by atoms with Crippen LogP contribution >= 0.6 is 0 Å². The predicted molar refractivity (Wildman–Crippen MR) is 68.7 cm³/mol. The van der Waals surface area contributed by atoms with Crippen molar-refractivity contribution < 1.29 is 4.79 Å². The summed E-state index contributed by atoms with van der Waals surface area (Å²) in [5, 5.41) is 0. The molecule has 92 valence electrons. The lowest BCUT2D eigenvalue weighted by Gasteiger charge is -2.16. The third-order valence-electron chi connectivity index (χ3n) is 3.41. The third-order valence-corrected chi connectivity index (χ3v) is 3.41. The van der Waals surface area contributed by atoms with E-state index in [0.717, 1.165) is 44.5 Å². The Labute approximate surface area is 103 Å². The number of carbonyl (C=O) groups excluding carboxylic acids is 1. The van der Waals surface area contributed by atoms with Crippen molar-refractivity contribution in [2.24, 2.45) is 11.7 Å². The van der Waals surface area contributed by atoms with Gasteiger partial charge >= 0.3 is 0 Å². The van der Waals surface area contributed by atoms with E-state index in [9.17, 15) is 4.79 Å². The zero-order chi connectivity index (χ0) is 12.1. The summed E-state index contributed by atoms with van der Waals surface area (Å²) >= 11 is 0. The Bertz CT molecular complexity index is 364. The van der Waals surface area contributed by atoms with Crippen molar-refractivity contribution in [3.05, 3.63) is 35.9 Å². The maximum Gasteiger partial charge on any atom is 0.253 e. The van der Waals surface area contributed by atoms with Crippen LogP contribution < -0.4 is 5.73 Å². The highest BCUT2D eigenvalue weighted by molar-refractivity contribution is 5.94. The minimum absolute atomic E-state index is 0.167. The van der Waals surface area contributed by atoms with Crippen molar-refractivity contribution in [2.45, 2.75) is 19.3 Å². The van der Waals surface area contributed by atoms with Gasteiger partial charge in [-0.2, -0.15) is 0 Å². The van der Waals surface area contributed by atoms with Crippen molar-refractivity contribution in [1.29, 1.82) is 0 Å². The second kappa shape index (κ2) is 5.82. The molecule has 17 heavy (non-hydrogen) atoms. The molecule has 0 spiro atoms. The van der Waals surface area contributed by atoms with Crippen LogP contribution in [0.2, 0.25) is 0 Å². The van der Waals surface area contributed by atoms with Gasteiger partial charge in [0, 0.05) is 18.7 Å². The molecule has 1 aromatic rings. The number of rotatable bonds is 4. The quantitative estimate of drug-likeness (QED) is 0.861. The number of nitrogens with two attached hydrogens (primary N) is 1. The summed E-state index contributed by atoms with van der Waals surface area (Å²) in [6.45, 7) is 2.54. The monoisotopic (exact) mass is 232 g/mol. The summed E-state index contributed by atoms with van der Waals surface area (Å²) in [6.07, 6.45) is 3.34. The Morgan fingerprint density at radius 1 is 1.35 bits per heavy atom. The van der Waals surface area contributed by atoms with Crippen LogP contribution in [-0.2, 0) is 0 Å². The first-order chi connectivity index (χ1) is 8.31. The fraction of sp³-hybridized carbons (Fsp3) is 0.500. The van der Waals surface area contributed by atoms with E-state index in [-0.39, 0.29) is 5.91 Å². The van der Waals surface area contributed by atoms with E-state index < -0.39 is 0 Å². The second-order valence-corrected chi connectivity index (χ2v) is 4.70. The van der Waals surface area contributed by atoms with Gasteiger partial charge in [0.15, 0.2) is 0 Å². The molecule has 3 heteroatoms. The second-order valence-electron chi connectivity index (χ2n) is 4.70.